The van der Waals surface area contributed by atoms with Gasteiger partial charge in [0.1, 0.15) is 5.03 Å². The van der Waals surface area contributed by atoms with E-state index in [2.05, 4.69) is 10.3 Å². The molecule has 3 amide bonds. The van der Waals surface area contributed by atoms with Crippen LogP contribution in [0.3, 0.4) is 0 Å². The number of pyridine rings is 1. The third kappa shape index (κ3) is 3.16. The lowest BCUT2D eigenvalue weighted by atomic mass is 10.1. The first-order chi connectivity index (χ1) is 9.49. The molecule has 1 unspecified atom stereocenters. The van der Waals surface area contributed by atoms with Crippen LogP contribution in [0, 0.1) is 0 Å². The van der Waals surface area contributed by atoms with Gasteiger partial charge in [-0.2, -0.15) is 0 Å². The van der Waals surface area contributed by atoms with Crippen LogP contribution in [-0.2, 0) is 9.59 Å². The molecule has 0 saturated carbocycles. The van der Waals surface area contributed by atoms with E-state index in [-0.39, 0.29) is 17.7 Å². The van der Waals surface area contributed by atoms with Gasteiger partial charge < -0.3 is 4.90 Å². The number of nitrogens with one attached hydrogen (secondary N) is 1. The van der Waals surface area contributed by atoms with Crippen LogP contribution < -0.4 is 5.32 Å². The van der Waals surface area contributed by atoms with Crippen LogP contribution in [-0.4, -0.2) is 47.0 Å². The van der Waals surface area contributed by atoms with Gasteiger partial charge in [0, 0.05) is 26.7 Å². The predicted octanol–water partition coefficient (Wildman–Crippen LogP) is 0.681. The van der Waals surface area contributed by atoms with Gasteiger partial charge in [0.2, 0.25) is 11.8 Å². The maximum Gasteiger partial charge on any atom is 0.256 e. The van der Waals surface area contributed by atoms with E-state index < -0.39 is 5.25 Å². The van der Waals surface area contributed by atoms with Crippen LogP contribution >= 0.6 is 11.8 Å². The van der Waals surface area contributed by atoms with E-state index in [1.165, 1.54) is 16.7 Å². The molecule has 0 aromatic carbocycles. The standard InChI is InChI=1S/C13H15N3O3S/c1-16(2)13(19)8-4-3-7-14-12(8)20-9-5-6-10(17)15-11(9)18/h3-4,7,9H,5-6H2,1-2H3,(H,15,17,18). The fourth-order valence-corrected chi connectivity index (χ4v) is 2.88. The van der Waals surface area contributed by atoms with Gasteiger partial charge in [-0.3, -0.25) is 19.7 Å². The van der Waals surface area contributed by atoms with Crippen molar-refractivity contribution in [2.75, 3.05) is 14.1 Å². The second-order valence-electron chi connectivity index (χ2n) is 4.61. The number of hydrogen-bond acceptors (Lipinski definition) is 5. The summed E-state index contributed by atoms with van der Waals surface area (Å²) in [5, 5.41) is 2.42. The van der Waals surface area contributed by atoms with Crippen LogP contribution in [0.4, 0.5) is 0 Å². The summed E-state index contributed by atoms with van der Waals surface area (Å²) in [4.78, 5) is 40.6. The minimum absolute atomic E-state index is 0.159. The van der Waals surface area contributed by atoms with Gasteiger partial charge in [-0.25, -0.2) is 4.98 Å². The summed E-state index contributed by atoms with van der Waals surface area (Å²) in [6.07, 6.45) is 2.36. The third-order valence-electron chi connectivity index (χ3n) is 2.85. The first kappa shape index (κ1) is 14.5. The van der Waals surface area contributed by atoms with E-state index in [0.29, 0.717) is 23.4 Å². The molecule has 0 spiro atoms. The van der Waals surface area contributed by atoms with E-state index in [4.69, 9.17) is 0 Å². The van der Waals surface area contributed by atoms with Gasteiger partial charge in [0.25, 0.3) is 5.91 Å². The van der Waals surface area contributed by atoms with Crippen LogP contribution in [0.1, 0.15) is 23.2 Å². The molecule has 0 radical (unpaired) electrons. The minimum Gasteiger partial charge on any atom is -0.345 e. The topological polar surface area (TPSA) is 79.4 Å². The highest BCUT2D eigenvalue weighted by Gasteiger charge is 2.29. The average Bonchev–Trinajstić information content (AvgIpc) is 2.41. The van der Waals surface area contributed by atoms with E-state index in [9.17, 15) is 14.4 Å². The Kier molecular flexibility index (Phi) is 4.39. The highest BCUT2D eigenvalue weighted by atomic mass is 32.2. The second kappa shape index (κ2) is 6.04. The van der Waals surface area contributed by atoms with Crippen LogP contribution in [0.5, 0.6) is 0 Å². The normalized spacial score (nSPS) is 18.6. The molecule has 7 heteroatoms. The Morgan fingerprint density at radius 2 is 2.20 bits per heavy atom. The number of rotatable bonds is 3. The van der Waals surface area contributed by atoms with Gasteiger partial charge in [-0.15, -0.1) is 0 Å². The van der Waals surface area contributed by atoms with Crippen molar-refractivity contribution in [3.05, 3.63) is 23.9 Å². The zero-order valence-corrected chi connectivity index (χ0v) is 12.1. The predicted molar refractivity (Wildman–Crippen MR) is 74.3 cm³/mol. The smallest absolute Gasteiger partial charge is 0.256 e. The molecule has 2 rings (SSSR count). The molecule has 6 nitrogen and oxygen atoms in total. The first-order valence-electron chi connectivity index (χ1n) is 6.16. The molecule has 106 valence electrons. The second-order valence-corrected chi connectivity index (χ2v) is 5.80. The zero-order valence-electron chi connectivity index (χ0n) is 11.3. The summed E-state index contributed by atoms with van der Waals surface area (Å²) in [5.74, 6) is -0.731. The molecule has 0 bridgehead atoms. The molecule has 1 N–H and O–H groups in total. The van der Waals surface area contributed by atoms with Gasteiger partial charge in [0.15, 0.2) is 0 Å². The molecule has 1 saturated heterocycles. The lowest BCUT2D eigenvalue weighted by Crippen LogP contribution is -2.42. The van der Waals surface area contributed by atoms with Crippen molar-refractivity contribution in [3.8, 4) is 0 Å². The number of aromatic nitrogens is 1. The van der Waals surface area contributed by atoms with E-state index >= 15 is 0 Å². The molecule has 1 aliphatic rings. The third-order valence-corrected chi connectivity index (χ3v) is 4.13. The highest BCUT2D eigenvalue weighted by molar-refractivity contribution is 8.00. The number of thioether (sulfide) groups is 1. The molecule has 20 heavy (non-hydrogen) atoms. The number of piperidine rings is 1. The molecular weight excluding hydrogens is 278 g/mol. The summed E-state index contributed by atoms with van der Waals surface area (Å²) in [6.45, 7) is 0. The average molecular weight is 293 g/mol. The minimum atomic E-state index is -0.392. The van der Waals surface area contributed by atoms with Crippen molar-refractivity contribution in [3.63, 3.8) is 0 Å². The molecule has 0 aliphatic carbocycles. The number of amides is 3. The first-order valence-corrected chi connectivity index (χ1v) is 7.04. The monoisotopic (exact) mass is 293 g/mol. The molecule has 1 aliphatic heterocycles. The fraction of sp³-hybridized carbons (Fsp3) is 0.385. The van der Waals surface area contributed by atoms with Crippen molar-refractivity contribution in [1.82, 2.24) is 15.2 Å². The maximum atomic E-state index is 12.1. The van der Waals surface area contributed by atoms with Crippen molar-refractivity contribution in [2.45, 2.75) is 23.1 Å². The Balaban J connectivity index is 2.19. The molecule has 1 aromatic heterocycles. The van der Waals surface area contributed by atoms with Crippen LogP contribution in [0.2, 0.25) is 0 Å². The lowest BCUT2D eigenvalue weighted by Gasteiger charge is -2.21. The van der Waals surface area contributed by atoms with Crippen molar-refractivity contribution >= 4 is 29.5 Å². The zero-order chi connectivity index (χ0) is 14.7. The molecule has 1 atom stereocenters. The Morgan fingerprint density at radius 3 is 2.85 bits per heavy atom. The molecule has 1 fully saturated rings. The molecule has 1 aromatic rings. The number of nitrogens with zero attached hydrogens (tertiary/aromatic N) is 2. The van der Waals surface area contributed by atoms with Crippen LogP contribution in [0.15, 0.2) is 23.4 Å². The van der Waals surface area contributed by atoms with Gasteiger partial charge in [-0.05, 0) is 18.6 Å². The summed E-state index contributed by atoms with van der Waals surface area (Å²) in [5.41, 5.74) is 0.465. The molecular formula is C13H15N3O3S. The van der Waals surface area contributed by atoms with Gasteiger partial charge in [0.05, 0.1) is 10.8 Å². The van der Waals surface area contributed by atoms with Crippen LogP contribution in [0.25, 0.3) is 0 Å². The molecule has 2 heterocycles. The van der Waals surface area contributed by atoms with Gasteiger partial charge in [-0.1, -0.05) is 11.8 Å². The SMILES string of the molecule is CN(C)C(=O)c1cccnc1SC1CCC(=O)NC1=O. The quantitative estimate of drug-likeness (QED) is 0.829. The summed E-state index contributed by atoms with van der Waals surface area (Å²) in [6, 6.07) is 3.37. The van der Waals surface area contributed by atoms with E-state index in [1.807, 2.05) is 0 Å². The van der Waals surface area contributed by atoms with Gasteiger partial charge >= 0.3 is 0 Å². The Morgan fingerprint density at radius 1 is 1.45 bits per heavy atom. The Hall–Kier alpha value is -1.89. The van der Waals surface area contributed by atoms with Crippen molar-refractivity contribution in [1.29, 1.82) is 0 Å². The highest BCUT2D eigenvalue weighted by Crippen LogP contribution is 2.29. The van der Waals surface area contributed by atoms with Crippen molar-refractivity contribution in [2.24, 2.45) is 0 Å². The van der Waals surface area contributed by atoms with E-state index in [1.54, 1.807) is 32.4 Å². The fourth-order valence-electron chi connectivity index (χ4n) is 1.81. The number of imide groups is 1. The Bertz CT molecular complexity index is 560. The number of carbonyl (C=O) groups is 3. The van der Waals surface area contributed by atoms with E-state index in [0.717, 1.165) is 0 Å². The lowest BCUT2D eigenvalue weighted by molar-refractivity contribution is -0.132. The Labute approximate surface area is 120 Å². The maximum absolute atomic E-state index is 12.1. The summed E-state index contributed by atoms with van der Waals surface area (Å²) in [7, 11) is 3.32. The number of hydrogen-bond donors (Lipinski definition) is 1. The summed E-state index contributed by atoms with van der Waals surface area (Å²) < 4.78 is 0. The van der Waals surface area contributed by atoms with Crippen molar-refractivity contribution < 1.29 is 14.4 Å². The summed E-state index contributed by atoms with van der Waals surface area (Å²) >= 11 is 1.22. The number of carbonyl (C=O) groups excluding carboxylic acids is 3. The largest absolute Gasteiger partial charge is 0.345 e.